The van der Waals surface area contributed by atoms with Crippen LogP contribution < -0.4 is 0 Å². The molecule has 0 spiro atoms. The smallest absolute Gasteiger partial charge is 0.237 e. The summed E-state index contributed by atoms with van der Waals surface area (Å²) >= 11 is 0. The van der Waals surface area contributed by atoms with Crippen LogP contribution in [0.1, 0.15) is 42.2 Å². The molecule has 0 radical (unpaired) electrons. The molecule has 80 valence electrons. The Hall–Kier alpha value is -1.71. The van der Waals surface area contributed by atoms with Gasteiger partial charge in [0.2, 0.25) is 6.04 Å². The summed E-state index contributed by atoms with van der Waals surface area (Å²) in [5.41, 5.74) is 1.23. The molecule has 1 atom stereocenters. The zero-order chi connectivity index (χ0) is 11.4. The molecular weight excluding hydrogens is 194 g/mol. The van der Waals surface area contributed by atoms with Crippen molar-refractivity contribution in [3.05, 3.63) is 45.5 Å². The van der Waals surface area contributed by atoms with Crippen molar-refractivity contribution in [2.24, 2.45) is 0 Å². The Morgan fingerprint density at radius 3 is 2.27 bits per heavy atom. The molecule has 0 N–H and O–H groups in total. The minimum Gasteiger partial charge on any atom is -0.295 e. The van der Waals surface area contributed by atoms with Crippen LogP contribution in [0.2, 0.25) is 0 Å². The molecule has 0 saturated heterocycles. The van der Waals surface area contributed by atoms with Gasteiger partial charge in [-0.1, -0.05) is 31.2 Å². The monoisotopic (exact) mass is 207 g/mol. The van der Waals surface area contributed by atoms with E-state index < -0.39 is 6.04 Å². The molecule has 1 aromatic rings. The summed E-state index contributed by atoms with van der Waals surface area (Å²) in [6.45, 7) is 3.24. The maximum absolute atomic E-state index is 11.0. The van der Waals surface area contributed by atoms with E-state index >= 15 is 0 Å². The molecule has 0 aromatic heterocycles. The van der Waals surface area contributed by atoms with Gasteiger partial charge in [0.25, 0.3) is 0 Å². The fourth-order valence-electron chi connectivity index (χ4n) is 1.45. The van der Waals surface area contributed by atoms with Gasteiger partial charge in [-0.2, -0.15) is 0 Å². The minimum absolute atomic E-state index is 0.0318. The van der Waals surface area contributed by atoms with Crippen molar-refractivity contribution in [3.63, 3.8) is 0 Å². The first kappa shape index (κ1) is 11.4. The van der Waals surface area contributed by atoms with E-state index in [1.54, 1.807) is 31.2 Å². The predicted molar refractivity (Wildman–Crippen MR) is 56.5 cm³/mol. The van der Waals surface area contributed by atoms with Gasteiger partial charge < -0.3 is 0 Å². The van der Waals surface area contributed by atoms with Gasteiger partial charge in [0.1, 0.15) is 0 Å². The zero-order valence-corrected chi connectivity index (χ0v) is 8.77. The van der Waals surface area contributed by atoms with Crippen molar-refractivity contribution < 1.29 is 9.72 Å². The minimum atomic E-state index is -0.675. The van der Waals surface area contributed by atoms with Crippen molar-refractivity contribution in [2.45, 2.75) is 26.3 Å². The van der Waals surface area contributed by atoms with Crippen LogP contribution in [0.15, 0.2) is 24.3 Å². The average molecular weight is 207 g/mol. The lowest BCUT2D eigenvalue weighted by atomic mass is 10.0. The Labute approximate surface area is 88.1 Å². The Morgan fingerprint density at radius 2 is 1.93 bits per heavy atom. The topological polar surface area (TPSA) is 60.2 Å². The molecule has 1 unspecified atom stereocenters. The van der Waals surface area contributed by atoms with E-state index in [0.29, 0.717) is 17.5 Å². The van der Waals surface area contributed by atoms with E-state index in [-0.39, 0.29) is 10.7 Å². The highest BCUT2D eigenvalue weighted by Crippen LogP contribution is 2.20. The summed E-state index contributed by atoms with van der Waals surface area (Å²) in [7, 11) is 0. The third kappa shape index (κ3) is 2.62. The number of Topliss-reactive ketones (excluding diaryl/α,β-unsaturated/α-hetero) is 1. The van der Waals surface area contributed by atoms with Crippen LogP contribution in [0.4, 0.5) is 0 Å². The zero-order valence-electron chi connectivity index (χ0n) is 8.77. The summed E-state index contributed by atoms with van der Waals surface area (Å²) in [5, 5.41) is 10.7. The van der Waals surface area contributed by atoms with Crippen LogP contribution >= 0.6 is 0 Å². The van der Waals surface area contributed by atoms with E-state index in [4.69, 9.17) is 0 Å². The van der Waals surface area contributed by atoms with Crippen LogP contribution in [0.25, 0.3) is 0 Å². The maximum Gasteiger partial charge on any atom is 0.237 e. The highest BCUT2D eigenvalue weighted by atomic mass is 16.6. The number of benzene rings is 1. The number of hydrogen-bond acceptors (Lipinski definition) is 3. The highest BCUT2D eigenvalue weighted by Gasteiger charge is 2.19. The van der Waals surface area contributed by atoms with Crippen LogP contribution in [0, 0.1) is 10.1 Å². The van der Waals surface area contributed by atoms with E-state index in [1.807, 2.05) is 0 Å². The first-order chi connectivity index (χ1) is 7.06. The second-order valence-corrected chi connectivity index (χ2v) is 3.39. The molecule has 1 rings (SSSR count). The van der Waals surface area contributed by atoms with Crippen LogP contribution in [0.3, 0.4) is 0 Å². The molecule has 0 bridgehead atoms. The Kier molecular flexibility index (Phi) is 3.55. The number of carbonyl (C=O) groups is 1. The van der Waals surface area contributed by atoms with Crippen molar-refractivity contribution >= 4 is 5.78 Å². The van der Waals surface area contributed by atoms with Gasteiger partial charge in [-0.3, -0.25) is 14.9 Å². The molecule has 0 saturated carbocycles. The molecule has 15 heavy (non-hydrogen) atoms. The Morgan fingerprint density at radius 1 is 1.40 bits per heavy atom. The SMILES string of the molecule is CCC(c1ccc(C(C)=O)cc1)[N+](=O)[O-]. The molecule has 0 fully saturated rings. The second-order valence-electron chi connectivity index (χ2n) is 3.39. The average Bonchev–Trinajstić information content (AvgIpc) is 2.19. The van der Waals surface area contributed by atoms with Crippen LogP contribution in [-0.4, -0.2) is 10.7 Å². The predicted octanol–water partition coefficient (Wildman–Crippen LogP) is 2.62. The lowest BCUT2D eigenvalue weighted by Crippen LogP contribution is -2.09. The van der Waals surface area contributed by atoms with Crippen LogP contribution in [0.5, 0.6) is 0 Å². The van der Waals surface area contributed by atoms with Gasteiger partial charge in [0.05, 0.1) is 0 Å². The Bertz CT molecular complexity index is 370. The first-order valence-electron chi connectivity index (χ1n) is 4.80. The molecule has 0 aliphatic carbocycles. The molecule has 4 heteroatoms. The number of carbonyl (C=O) groups excluding carboxylic acids is 1. The number of nitrogens with zero attached hydrogens (tertiary/aromatic N) is 1. The molecule has 0 aliphatic heterocycles. The normalized spacial score (nSPS) is 12.1. The summed E-state index contributed by atoms with van der Waals surface area (Å²) in [5.74, 6) is -0.0318. The summed E-state index contributed by atoms with van der Waals surface area (Å²) in [6.07, 6.45) is 0.451. The Balaban J connectivity index is 2.97. The quantitative estimate of drug-likeness (QED) is 0.433. The summed E-state index contributed by atoms with van der Waals surface area (Å²) in [6, 6.07) is 5.88. The van der Waals surface area contributed by atoms with E-state index in [9.17, 15) is 14.9 Å². The largest absolute Gasteiger partial charge is 0.295 e. The summed E-state index contributed by atoms with van der Waals surface area (Å²) < 4.78 is 0. The van der Waals surface area contributed by atoms with Gasteiger partial charge in [0, 0.05) is 22.5 Å². The number of rotatable bonds is 4. The molecule has 0 aliphatic rings. The molecular formula is C11H13NO3. The first-order valence-corrected chi connectivity index (χ1v) is 4.80. The molecule has 1 aromatic carbocycles. The second kappa shape index (κ2) is 4.68. The number of ketones is 1. The van der Waals surface area contributed by atoms with Gasteiger partial charge in [0.15, 0.2) is 5.78 Å². The maximum atomic E-state index is 11.0. The van der Waals surface area contributed by atoms with Gasteiger partial charge in [-0.15, -0.1) is 0 Å². The number of hydrogen-bond donors (Lipinski definition) is 0. The van der Waals surface area contributed by atoms with Gasteiger partial charge in [-0.05, 0) is 6.92 Å². The van der Waals surface area contributed by atoms with Crippen molar-refractivity contribution in [2.75, 3.05) is 0 Å². The van der Waals surface area contributed by atoms with Gasteiger partial charge in [-0.25, -0.2) is 0 Å². The molecule has 4 nitrogen and oxygen atoms in total. The summed E-state index contributed by atoms with van der Waals surface area (Å²) in [4.78, 5) is 21.4. The standard InChI is InChI=1S/C11H13NO3/c1-3-11(12(14)15)10-6-4-9(5-7-10)8(2)13/h4-7,11H,3H2,1-2H3. The fraction of sp³-hybridized carbons (Fsp3) is 0.364. The lowest BCUT2D eigenvalue weighted by molar-refractivity contribution is -0.529. The molecule has 0 heterocycles. The third-order valence-corrected chi connectivity index (χ3v) is 2.34. The van der Waals surface area contributed by atoms with E-state index in [0.717, 1.165) is 0 Å². The van der Waals surface area contributed by atoms with Crippen molar-refractivity contribution in [1.82, 2.24) is 0 Å². The van der Waals surface area contributed by atoms with Gasteiger partial charge >= 0.3 is 0 Å². The molecule has 0 amide bonds. The fourth-order valence-corrected chi connectivity index (χ4v) is 1.45. The van der Waals surface area contributed by atoms with Crippen LogP contribution in [-0.2, 0) is 0 Å². The van der Waals surface area contributed by atoms with Crippen molar-refractivity contribution in [3.8, 4) is 0 Å². The van der Waals surface area contributed by atoms with E-state index in [2.05, 4.69) is 0 Å². The number of nitro groups is 1. The third-order valence-electron chi connectivity index (χ3n) is 2.34. The van der Waals surface area contributed by atoms with E-state index in [1.165, 1.54) is 6.92 Å². The van der Waals surface area contributed by atoms with Crippen molar-refractivity contribution in [1.29, 1.82) is 0 Å². The highest BCUT2D eigenvalue weighted by molar-refractivity contribution is 5.94. The lowest BCUT2D eigenvalue weighted by Gasteiger charge is -2.07.